The summed E-state index contributed by atoms with van der Waals surface area (Å²) in [5.74, 6) is 0.980. The Balaban J connectivity index is 0.00000128. The Hall–Kier alpha value is -1.29. The van der Waals surface area contributed by atoms with E-state index in [2.05, 4.69) is 17.2 Å². The minimum atomic E-state index is -0.126. The van der Waals surface area contributed by atoms with Crippen LogP contribution in [0.1, 0.15) is 30.3 Å². The number of hydrogen-bond acceptors (Lipinski definition) is 3. The maximum Gasteiger partial charge on any atom is 0.270 e. The molecule has 1 saturated carbocycles. The van der Waals surface area contributed by atoms with Crippen molar-refractivity contribution in [3.63, 3.8) is 0 Å². The van der Waals surface area contributed by atoms with Crippen molar-refractivity contribution in [3.8, 4) is 0 Å². The summed E-state index contributed by atoms with van der Waals surface area (Å²) in [6.07, 6.45) is 2.13. The van der Waals surface area contributed by atoms with E-state index in [1.165, 1.54) is 0 Å². The maximum atomic E-state index is 11.7. The molecule has 0 aromatic carbocycles. The number of nitrogens with one attached hydrogen (secondary N) is 1. The van der Waals surface area contributed by atoms with Crippen LogP contribution < -0.4 is 11.1 Å². The minimum Gasteiger partial charge on any atom is -0.384 e. The van der Waals surface area contributed by atoms with E-state index in [9.17, 15) is 4.79 Å². The molecule has 3 N–H and O–H groups in total. The van der Waals surface area contributed by atoms with Crippen LogP contribution in [0.25, 0.3) is 0 Å². The Morgan fingerprint density at radius 1 is 1.50 bits per heavy atom. The van der Waals surface area contributed by atoms with Crippen LogP contribution in [-0.4, -0.2) is 16.9 Å². The Kier molecular flexibility index (Phi) is 4.12. The van der Waals surface area contributed by atoms with Crippen molar-refractivity contribution in [1.29, 1.82) is 0 Å². The van der Waals surface area contributed by atoms with Crippen LogP contribution >= 0.6 is 12.4 Å². The van der Waals surface area contributed by atoms with Crippen LogP contribution in [0.5, 0.6) is 0 Å². The molecule has 1 aliphatic carbocycles. The summed E-state index contributed by atoms with van der Waals surface area (Å²) in [5.41, 5.74) is 5.90. The van der Waals surface area contributed by atoms with Crippen LogP contribution in [0.2, 0.25) is 0 Å². The summed E-state index contributed by atoms with van der Waals surface area (Å²) >= 11 is 0. The van der Waals surface area contributed by atoms with Gasteiger partial charge in [0.1, 0.15) is 11.5 Å². The van der Waals surface area contributed by atoms with Crippen LogP contribution in [0.15, 0.2) is 18.2 Å². The van der Waals surface area contributed by atoms with Gasteiger partial charge in [0.15, 0.2) is 0 Å². The van der Waals surface area contributed by atoms with E-state index in [-0.39, 0.29) is 18.3 Å². The Morgan fingerprint density at radius 2 is 2.19 bits per heavy atom. The van der Waals surface area contributed by atoms with E-state index in [1.54, 1.807) is 18.2 Å². The second kappa shape index (κ2) is 5.16. The predicted molar refractivity (Wildman–Crippen MR) is 65.5 cm³/mol. The standard InChI is InChI=1S/C11H15N3O.ClH/c1-7-5-8(6-7)13-11(15)9-3-2-4-10(12)14-9;/h2-4,7-8H,5-6H2,1H3,(H2,12,14)(H,13,15);1H. The van der Waals surface area contributed by atoms with Crippen LogP contribution in [0.3, 0.4) is 0 Å². The predicted octanol–water partition coefficient (Wildman–Crippen LogP) is 1.61. The van der Waals surface area contributed by atoms with Crippen molar-refractivity contribution in [2.24, 2.45) is 5.92 Å². The highest BCUT2D eigenvalue weighted by atomic mass is 35.5. The number of hydrogen-bond donors (Lipinski definition) is 2. The third-order valence-electron chi connectivity index (χ3n) is 2.71. The van der Waals surface area contributed by atoms with Gasteiger partial charge in [-0.15, -0.1) is 12.4 Å². The first kappa shape index (κ1) is 12.8. The van der Waals surface area contributed by atoms with Crippen molar-refractivity contribution in [1.82, 2.24) is 10.3 Å². The number of amides is 1. The fourth-order valence-electron chi connectivity index (χ4n) is 1.86. The first-order chi connectivity index (χ1) is 7.15. The molecule has 1 fully saturated rings. The maximum absolute atomic E-state index is 11.7. The molecule has 2 rings (SSSR count). The zero-order valence-electron chi connectivity index (χ0n) is 9.14. The summed E-state index contributed by atoms with van der Waals surface area (Å²) in [5, 5.41) is 2.93. The molecule has 0 spiro atoms. The molecule has 0 aliphatic heterocycles. The molecule has 1 aromatic rings. The zero-order chi connectivity index (χ0) is 10.8. The largest absolute Gasteiger partial charge is 0.384 e. The van der Waals surface area contributed by atoms with E-state index in [1.807, 2.05) is 0 Å². The smallest absolute Gasteiger partial charge is 0.270 e. The SMILES string of the molecule is CC1CC(NC(=O)c2cccc(N)n2)C1.Cl. The first-order valence-corrected chi connectivity index (χ1v) is 5.18. The Bertz CT molecular complexity index is 377. The third-order valence-corrected chi connectivity index (χ3v) is 2.71. The van der Waals surface area contributed by atoms with Gasteiger partial charge in [0.05, 0.1) is 0 Å². The average molecular weight is 242 g/mol. The molecule has 16 heavy (non-hydrogen) atoms. The molecule has 1 heterocycles. The molecule has 1 aromatic heterocycles. The molecule has 88 valence electrons. The second-order valence-corrected chi connectivity index (χ2v) is 4.19. The van der Waals surface area contributed by atoms with Crippen molar-refractivity contribution in [2.45, 2.75) is 25.8 Å². The number of anilines is 1. The van der Waals surface area contributed by atoms with Gasteiger partial charge >= 0.3 is 0 Å². The number of rotatable bonds is 2. The highest BCUT2D eigenvalue weighted by molar-refractivity contribution is 5.92. The summed E-state index contributed by atoms with van der Waals surface area (Å²) in [6, 6.07) is 5.40. The molecule has 0 bridgehead atoms. The molecule has 0 radical (unpaired) electrons. The fourth-order valence-corrected chi connectivity index (χ4v) is 1.86. The van der Waals surface area contributed by atoms with E-state index in [0.29, 0.717) is 17.6 Å². The van der Waals surface area contributed by atoms with Gasteiger partial charge in [-0.2, -0.15) is 0 Å². The molecule has 0 atom stereocenters. The van der Waals surface area contributed by atoms with Gasteiger partial charge in [-0.25, -0.2) is 4.98 Å². The van der Waals surface area contributed by atoms with Crippen molar-refractivity contribution in [3.05, 3.63) is 23.9 Å². The number of aromatic nitrogens is 1. The van der Waals surface area contributed by atoms with Crippen LogP contribution in [0.4, 0.5) is 5.82 Å². The number of carbonyl (C=O) groups excluding carboxylic acids is 1. The van der Waals surface area contributed by atoms with Gasteiger partial charge in [0, 0.05) is 6.04 Å². The number of nitrogens with zero attached hydrogens (tertiary/aromatic N) is 1. The molecule has 0 unspecified atom stereocenters. The normalized spacial score (nSPS) is 22.8. The van der Waals surface area contributed by atoms with E-state index in [4.69, 9.17) is 5.73 Å². The zero-order valence-corrected chi connectivity index (χ0v) is 9.96. The molecule has 1 aliphatic rings. The second-order valence-electron chi connectivity index (χ2n) is 4.19. The van der Waals surface area contributed by atoms with Crippen LogP contribution in [0, 0.1) is 5.92 Å². The molecule has 0 saturated heterocycles. The van der Waals surface area contributed by atoms with Gasteiger partial charge in [-0.05, 0) is 30.9 Å². The van der Waals surface area contributed by atoms with Crippen LogP contribution in [-0.2, 0) is 0 Å². The lowest BCUT2D eigenvalue weighted by atomic mass is 9.82. The number of nitrogen functional groups attached to an aromatic ring is 1. The lowest BCUT2D eigenvalue weighted by Gasteiger charge is -2.33. The highest BCUT2D eigenvalue weighted by Gasteiger charge is 2.27. The number of halogens is 1. The Labute approximate surface area is 101 Å². The van der Waals surface area contributed by atoms with Gasteiger partial charge in [-0.1, -0.05) is 13.0 Å². The van der Waals surface area contributed by atoms with Gasteiger partial charge < -0.3 is 11.1 Å². The third kappa shape index (κ3) is 2.85. The quantitative estimate of drug-likeness (QED) is 0.827. The lowest BCUT2D eigenvalue weighted by Crippen LogP contribution is -2.43. The van der Waals surface area contributed by atoms with E-state index >= 15 is 0 Å². The first-order valence-electron chi connectivity index (χ1n) is 5.18. The molecule has 4 nitrogen and oxygen atoms in total. The van der Waals surface area contributed by atoms with Crippen molar-refractivity contribution < 1.29 is 4.79 Å². The topological polar surface area (TPSA) is 68.0 Å². The Morgan fingerprint density at radius 3 is 2.75 bits per heavy atom. The van der Waals surface area contributed by atoms with E-state index < -0.39 is 0 Å². The molecular formula is C11H16ClN3O. The van der Waals surface area contributed by atoms with Gasteiger partial charge in [-0.3, -0.25) is 4.79 Å². The van der Waals surface area contributed by atoms with Gasteiger partial charge in [0.2, 0.25) is 0 Å². The summed E-state index contributed by atoms with van der Waals surface area (Å²) in [7, 11) is 0. The molecular weight excluding hydrogens is 226 g/mol. The highest BCUT2D eigenvalue weighted by Crippen LogP contribution is 2.26. The molecule has 1 amide bonds. The van der Waals surface area contributed by atoms with E-state index in [0.717, 1.165) is 18.8 Å². The van der Waals surface area contributed by atoms with Crippen molar-refractivity contribution in [2.75, 3.05) is 5.73 Å². The monoisotopic (exact) mass is 241 g/mol. The summed E-state index contributed by atoms with van der Waals surface area (Å²) in [4.78, 5) is 15.6. The average Bonchev–Trinajstić information content (AvgIpc) is 2.15. The number of carbonyl (C=O) groups is 1. The lowest BCUT2D eigenvalue weighted by molar-refractivity contribution is 0.0891. The minimum absolute atomic E-state index is 0. The number of nitrogens with two attached hydrogens (primary N) is 1. The number of pyridine rings is 1. The van der Waals surface area contributed by atoms with Crippen molar-refractivity contribution >= 4 is 24.1 Å². The van der Waals surface area contributed by atoms with Gasteiger partial charge in [0.25, 0.3) is 5.91 Å². The summed E-state index contributed by atoms with van der Waals surface area (Å²) < 4.78 is 0. The molecule has 5 heteroatoms. The summed E-state index contributed by atoms with van der Waals surface area (Å²) in [6.45, 7) is 2.18. The fraction of sp³-hybridized carbons (Fsp3) is 0.455.